The summed E-state index contributed by atoms with van der Waals surface area (Å²) >= 11 is 5.10. The van der Waals surface area contributed by atoms with Crippen LogP contribution in [-0.4, -0.2) is 27.0 Å². The minimum Gasteiger partial charge on any atom is -0.454 e. The summed E-state index contributed by atoms with van der Waals surface area (Å²) < 4.78 is 11.8. The lowest BCUT2D eigenvalue weighted by molar-refractivity contribution is 0.174. The molecular weight excluding hydrogens is 404 g/mol. The van der Waals surface area contributed by atoms with E-state index in [1.165, 1.54) is 11.8 Å². The summed E-state index contributed by atoms with van der Waals surface area (Å²) in [6.07, 6.45) is 0. The van der Waals surface area contributed by atoms with Crippen molar-refractivity contribution in [2.75, 3.05) is 6.79 Å². The zero-order chi connectivity index (χ0) is 16.8. The molecule has 0 amide bonds. The maximum absolute atomic E-state index is 5.44. The van der Waals surface area contributed by atoms with Gasteiger partial charge in [-0.1, -0.05) is 45.9 Å². The van der Waals surface area contributed by atoms with Gasteiger partial charge in [0.1, 0.15) is 5.52 Å². The molecule has 0 unspecified atom stereocenters. The maximum atomic E-state index is 5.44. The fourth-order valence-electron chi connectivity index (χ4n) is 2.78. The number of halogens is 1. The van der Waals surface area contributed by atoms with Gasteiger partial charge >= 0.3 is 0 Å². The van der Waals surface area contributed by atoms with Gasteiger partial charge in [-0.25, -0.2) is 4.98 Å². The molecule has 0 spiro atoms. The van der Waals surface area contributed by atoms with Gasteiger partial charge in [0.2, 0.25) is 11.9 Å². The molecule has 0 fully saturated rings. The molecule has 0 bridgehead atoms. The van der Waals surface area contributed by atoms with Crippen LogP contribution in [0.5, 0.6) is 11.5 Å². The summed E-state index contributed by atoms with van der Waals surface area (Å²) in [4.78, 5) is 7.88. The first kappa shape index (κ1) is 15.0. The van der Waals surface area contributed by atoms with Crippen molar-refractivity contribution in [1.29, 1.82) is 0 Å². The smallest absolute Gasteiger partial charge is 0.231 e. The Morgan fingerprint density at radius 3 is 2.88 bits per heavy atom. The van der Waals surface area contributed by atoms with E-state index in [1.807, 2.05) is 36.4 Å². The number of thioether (sulfide) groups is 1. The van der Waals surface area contributed by atoms with E-state index in [2.05, 4.69) is 36.1 Å². The fourth-order valence-corrected chi connectivity index (χ4v) is 4.21. The van der Waals surface area contributed by atoms with Gasteiger partial charge in [0.15, 0.2) is 17.1 Å². The van der Waals surface area contributed by atoms with Crippen molar-refractivity contribution >= 4 is 49.8 Å². The van der Waals surface area contributed by atoms with Crippen LogP contribution in [0.1, 0.15) is 5.56 Å². The third-order valence-corrected chi connectivity index (χ3v) is 5.63. The lowest BCUT2D eigenvalue weighted by Gasteiger charge is -2.05. The molecule has 124 valence electrons. The van der Waals surface area contributed by atoms with E-state index in [-0.39, 0.29) is 6.79 Å². The predicted octanol–water partition coefficient (Wildman–Crippen LogP) is 4.29. The summed E-state index contributed by atoms with van der Waals surface area (Å²) in [6, 6.07) is 11.9. The van der Waals surface area contributed by atoms with Crippen LogP contribution in [-0.2, 0) is 5.75 Å². The normalized spacial score (nSPS) is 13.0. The molecule has 6 nitrogen and oxygen atoms in total. The summed E-state index contributed by atoms with van der Waals surface area (Å²) in [5.41, 5.74) is 3.65. The van der Waals surface area contributed by atoms with Crippen LogP contribution >= 0.6 is 27.7 Å². The molecule has 2 aromatic carbocycles. The van der Waals surface area contributed by atoms with Crippen molar-refractivity contribution in [3.8, 4) is 11.5 Å². The fraction of sp³-hybridized carbons (Fsp3) is 0.118. The van der Waals surface area contributed by atoms with Crippen molar-refractivity contribution in [3.05, 3.63) is 46.4 Å². The Labute approximate surface area is 155 Å². The average Bonchev–Trinajstić information content (AvgIpc) is 3.22. The van der Waals surface area contributed by atoms with Gasteiger partial charge in [0, 0.05) is 21.1 Å². The molecule has 0 atom stereocenters. The molecule has 2 aromatic heterocycles. The van der Waals surface area contributed by atoms with Gasteiger partial charge in [-0.2, -0.15) is 0 Å². The van der Waals surface area contributed by atoms with Gasteiger partial charge in [-0.3, -0.25) is 0 Å². The summed E-state index contributed by atoms with van der Waals surface area (Å²) in [5, 5.41) is 10.3. The number of aromatic amines is 1. The van der Waals surface area contributed by atoms with Crippen LogP contribution in [0.3, 0.4) is 0 Å². The largest absolute Gasteiger partial charge is 0.454 e. The summed E-state index contributed by atoms with van der Waals surface area (Å²) in [6.45, 7) is 0.266. The third-order valence-electron chi connectivity index (χ3n) is 4.00. The Bertz CT molecular complexity index is 1110. The van der Waals surface area contributed by atoms with E-state index in [1.54, 1.807) is 0 Å². The molecule has 25 heavy (non-hydrogen) atoms. The van der Waals surface area contributed by atoms with Crippen LogP contribution in [0.4, 0.5) is 0 Å². The molecule has 4 aromatic rings. The number of hydrogen-bond donors (Lipinski definition) is 1. The summed E-state index contributed by atoms with van der Waals surface area (Å²) in [7, 11) is 0. The zero-order valence-corrected chi connectivity index (χ0v) is 15.2. The van der Waals surface area contributed by atoms with E-state index >= 15 is 0 Å². The van der Waals surface area contributed by atoms with Crippen molar-refractivity contribution in [3.63, 3.8) is 0 Å². The first-order valence-corrected chi connectivity index (χ1v) is 9.38. The highest BCUT2D eigenvalue weighted by molar-refractivity contribution is 9.10. The van der Waals surface area contributed by atoms with E-state index in [0.717, 1.165) is 43.6 Å². The van der Waals surface area contributed by atoms with Gasteiger partial charge in [0.25, 0.3) is 0 Å². The number of fused-ring (bicyclic) bond motifs is 4. The minimum atomic E-state index is 0.266. The molecule has 1 aliphatic heterocycles. The van der Waals surface area contributed by atoms with Crippen LogP contribution in [0.25, 0.3) is 22.1 Å². The molecule has 0 saturated heterocycles. The molecule has 0 radical (unpaired) electrons. The molecule has 0 aliphatic carbocycles. The quantitative estimate of drug-likeness (QED) is 0.504. The number of nitrogens with zero attached hydrogens (tertiary/aromatic N) is 3. The molecule has 5 rings (SSSR count). The van der Waals surface area contributed by atoms with E-state index in [0.29, 0.717) is 10.9 Å². The minimum absolute atomic E-state index is 0.266. The SMILES string of the molecule is Brc1cc2c(cc1CSc1nnc3c(n1)[nH]c1ccccc13)OCO2. The van der Waals surface area contributed by atoms with Gasteiger partial charge in [-0.15, -0.1) is 10.2 Å². The molecular formula is C17H11BrN4O2S. The monoisotopic (exact) mass is 414 g/mol. The van der Waals surface area contributed by atoms with E-state index in [9.17, 15) is 0 Å². The lowest BCUT2D eigenvalue weighted by atomic mass is 10.2. The number of benzene rings is 2. The zero-order valence-electron chi connectivity index (χ0n) is 12.8. The highest BCUT2D eigenvalue weighted by atomic mass is 79.9. The molecule has 3 heterocycles. The van der Waals surface area contributed by atoms with Gasteiger partial charge < -0.3 is 14.5 Å². The highest BCUT2D eigenvalue weighted by Crippen LogP contribution is 2.38. The van der Waals surface area contributed by atoms with Crippen molar-refractivity contribution in [2.24, 2.45) is 0 Å². The van der Waals surface area contributed by atoms with Crippen molar-refractivity contribution in [2.45, 2.75) is 10.9 Å². The Morgan fingerprint density at radius 2 is 1.96 bits per heavy atom. The number of aromatic nitrogens is 4. The first-order chi connectivity index (χ1) is 12.3. The number of ether oxygens (including phenoxy) is 2. The Morgan fingerprint density at radius 1 is 1.12 bits per heavy atom. The lowest BCUT2D eigenvalue weighted by Crippen LogP contribution is -1.93. The maximum Gasteiger partial charge on any atom is 0.231 e. The number of rotatable bonds is 3. The third kappa shape index (κ3) is 2.61. The standard InChI is InChI=1S/C17H11BrN4O2S/c18-11-6-14-13(23-8-24-14)5-9(11)7-25-17-20-16-15(21-22-17)10-3-1-2-4-12(10)19-16/h1-6H,7-8H2,(H,19,20,22). The number of hydrogen-bond acceptors (Lipinski definition) is 6. The van der Waals surface area contributed by atoms with E-state index in [4.69, 9.17) is 9.47 Å². The highest BCUT2D eigenvalue weighted by Gasteiger charge is 2.17. The van der Waals surface area contributed by atoms with Gasteiger partial charge in [0.05, 0.1) is 0 Å². The van der Waals surface area contributed by atoms with Crippen molar-refractivity contribution in [1.82, 2.24) is 20.2 Å². The Hall–Kier alpha value is -2.32. The van der Waals surface area contributed by atoms with Crippen LogP contribution in [0.2, 0.25) is 0 Å². The predicted molar refractivity (Wildman–Crippen MR) is 99.0 cm³/mol. The Balaban J connectivity index is 1.43. The van der Waals surface area contributed by atoms with E-state index < -0.39 is 0 Å². The van der Waals surface area contributed by atoms with Crippen molar-refractivity contribution < 1.29 is 9.47 Å². The second-order valence-corrected chi connectivity index (χ2v) is 7.34. The molecule has 0 saturated carbocycles. The Kier molecular flexibility index (Phi) is 3.53. The van der Waals surface area contributed by atoms with Crippen LogP contribution < -0.4 is 9.47 Å². The number of para-hydroxylation sites is 1. The topological polar surface area (TPSA) is 72.9 Å². The number of nitrogens with one attached hydrogen (secondary N) is 1. The first-order valence-electron chi connectivity index (χ1n) is 7.60. The second kappa shape index (κ2) is 5.89. The van der Waals surface area contributed by atoms with Crippen LogP contribution in [0.15, 0.2) is 46.0 Å². The second-order valence-electron chi connectivity index (χ2n) is 5.55. The molecule has 1 N–H and O–H groups in total. The average molecular weight is 415 g/mol. The molecule has 1 aliphatic rings. The number of H-pyrrole nitrogens is 1. The summed E-state index contributed by atoms with van der Waals surface area (Å²) in [5.74, 6) is 2.23. The van der Waals surface area contributed by atoms with Crippen LogP contribution in [0, 0.1) is 0 Å². The molecule has 8 heteroatoms. The van der Waals surface area contributed by atoms with Gasteiger partial charge in [-0.05, 0) is 23.8 Å².